The number of nitrogen functional groups attached to an aromatic ring is 1. The van der Waals surface area contributed by atoms with Crippen molar-refractivity contribution in [2.75, 3.05) is 26.0 Å². The maximum atomic E-state index is 9.33. The van der Waals surface area contributed by atoms with Crippen LogP contribution in [0.15, 0.2) is 11.4 Å². The normalized spacial score (nSPS) is 13.0. The molecule has 1 rings (SSSR count). The van der Waals surface area contributed by atoms with E-state index in [2.05, 4.69) is 5.32 Å². The fourth-order valence-electron chi connectivity index (χ4n) is 1.10. The van der Waals surface area contributed by atoms with Crippen molar-refractivity contribution in [3.63, 3.8) is 0 Å². The van der Waals surface area contributed by atoms with E-state index in [4.69, 9.17) is 10.5 Å². The number of anilines is 1. The molecule has 0 aromatic carbocycles. The van der Waals surface area contributed by atoms with Crippen LogP contribution in [-0.4, -0.2) is 31.5 Å². The summed E-state index contributed by atoms with van der Waals surface area (Å²) in [4.78, 5) is 1.11. The first kappa shape index (κ1) is 11.5. The second-order valence-electron chi connectivity index (χ2n) is 3.04. The Bertz CT molecular complexity index is 265. The molecule has 0 bridgehead atoms. The summed E-state index contributed by atoms with van der Waals surface area (Å²) in [7, 11) is 1.57. The Kier molecular flexibility index (Phi) is 4.89. The van der Waals surface area contributed by atoms with Gasteiger partial charge in [-0.25, -0.2) is 0 Å². The second-order valence-corrected chi connectivity index (χ2v) is 4.04. The van der Waals surface area contributed by atoms with Crippen LogP contribution < -0.4 is 11.1 Å². The second kappa shape index (κ2) is 5.98. The average Bonchev–Trinajstić information content (AvgIpc) is 2.52. The summed E-state index contributed by atoms with van der Waals surface area (Å²) in [5.41, 5.74) is 6.51. The highest BCUT2D eigenvalue weighted by Gasteiger charge is 2.04. The molecule has 1 atom stereocenters. The van der Waals surface area contributed by atoms with Crippen molar-refractivity contribution in [3.8, 4) is 0 Å². The van der Waals surface area contributed by atoms with E-state index in [1.807, 2.05) is 11.4 Å². The molecule has 1 aromatic rings. The topological polar surface area (TPSA) is 67.5 Å². The highest BCUT2D eigenvalue weighted by atomic mass is 32.1. The number of thiophene rings is 1. The van der Waals surface area contributed by atoms with Crippen molar-refractivity contribution in [2.24, 2.45) is 0 Å². The van der Waals surface area contributed by atoms with Crippen molar-refractivity contribution in [2.45, 2.75) is 12.6 Å². The Balaban J connectivity index is 2.19. The van der Waals surface area contributed by atoms with Gasteiger partial charge >= 0.3 is 0 Å². The molecule has 0 spiro atoms. The number of hydrogen-bond acceptors (Lipinski definition) is 5. The lowest BCUT2D eigenvalue weighted by Gasteiger charge is -2.10. The molecule has 1 heterocycles. The Hall–Kier alpha value is -0.620. The summed E-state index contributed by atoms with van der Waals surface area (Å²) in [6.45, 7) is 1.57. The molecule has 0 aliphatic heterocycles. The number of hydrogen-bond donors (Lipinski definition) is 3. The zero-order valence-electron chi connectivity index (χ0n) is 8.19. The number of rotatable bonds is 6. The number of aliphatic hydroxyl groups is 1. The molecule has 0 amide bonds. The van der Waals surface area contributed by atoms with Gasteiger partial charge in [0.05, 0.1) is 12.7 Å². The summed E-state index contributed by atoms with van der Waals surface area (Å²) in [6.07, 6.45) is -0.457. The molecule has 0 saturated heterocycles. The van der Waals surface area contributed by atoms with E-state index < -0.39 is 6.10 Å². The predicted molar refractivity (Wildman–Crippen MR) is 58.3 cm³/mol. The first-order valence-electron chi connectivity index (χ1n) is 4.43. The van der Waals surface area contributed by atoms with Crippen LogP contribution >= 0.6 is 11.3 Å². The van der Waals surface area contributed by atoms with Crippen LogP contribution in [0.4, 0.5) is 5.69 Å². The van der Waals surface area contributed by atoms with E-state index >= 15 is 0 Å². The van der Waals surface area contributed by atoms with Gasteiger partial charge in [-0.3, -0.25) is 0 Å². The number of ether oxygens (including phenoxy) is 1. The molecule has 14 heavy (non-hydrogen) atoms. The first-order valence-corrected chi connectivity index (χ1v) is 5.31. The quantitative estimate of drug-likeness (QED) is 0.645. The van der Waals surface area contributed by atoms with Gasteiger partial charge in [0.25, 0.3) is 0 Å². The van der Waals surface area contributed by atoms with Gasteiger partial charge in [-0.1, -0.05) is 0 Å². The lowest BCUT2D eigenvalue weighted by atomic mass is 10.3. The van der Waals surface area contributed by atoms with E-state index in [1.165, 1.54) is 0 Å². The highest BCUT2D eigenvalue weighted by molar-refractivity contribution is 7.10. The van der Waals surface area contributed by atoms with E-state index in [-0.39, 0.29) is 0 Å². The largest absolute Gasteiger partial charge is 0.398 e. The average molecular weight is 216 g/mol. The molecule has 4 nitrogen and oxygen atoms in total. The summed E-state index contributed by atoms with van der Waals surface area (Å²) >= 11 is 1.61. The Morgan fingerprint density at radius 3 is 3.07 bits per heavy atom. The maximum absolute atomic E-state index is 9.33. The maximum Gasteiger partial charge on any atom is 0.0897 e. The fourth-order valence-corrected chi connectivity index (χ4v) is 1.87. The van der Waals surface area contributed by atoms with Gasteiger partial charge in [0.15, 0.2) is 0 Å². The molecule has 0 fully saturated rings. The third-order valence-electron chi connectivity index (χ3n) is 1.80. The van der Waals surface area contributed by atoms with Gasteiger partial charge in [-0.05, 0) is 11.4 Å². The third kappa shape index (κ3) is 3.63. The number of aliphatic hydroxyl groups excluding tert-OH is 1. The molecule has 0 saturated carbocycles. The standard InChI is InChI=1S/C9H16N2O2S/c1-13-6-7(12)4-11-5-9-8(10)2-3-14-9/h2-3,7,11-12H,4-6,10H2,1H3. The van der Waals surface area contributed by atoms with Gasteiger partial charge in [0, 0.05) is 30.8 Å². The van der Waals surface area contributed by atoms with Crippen molar-refractivity contribution in [1.82, 2.24) is 5.32 Å². The molecular weight excluding hydrogens is 200 g/mol. The molecular formula is C9H16N2O2S. The molecule has 80 valence electrons. The lowest BCUT2D eigenvalue weighted by Crippen LogP contribution is -2.29. The van der Waals surface area contributed by atoms with E-state index in [0.29, 0.717) is 19.7 Å². The van der Waals surface area contributed by atoms with Gasteiger partial charge in [0.1, 0.15) is 0 Å². The number of nitrogens with one attached hydrogen (secondary N) is 1. The van der Waals surface area contributed by atoms with Crippen LogP contribution in [0.5, 0.6) is 0 Å². The van der Waals surface area contributed by atoms with Crippen LogP contribution in [0.25, 0.3) is 0 Å². The smallest absolute Gasteiger partial charge is 0.0897 e. The molecule has 4 N–H and O–H groups in total. The van der Waals surface area contributed by atoms with E-state index in [1.54, 1.807) is 18.4 Å². The van der Waals surface area contributed by atoms with Crippen molar-refractivity contribution in [1.29, 1.82) is 0 Å². The number of nitrogens with two attached hydrogens (primary N) is 1. The summed E-state index contributed by atoms with van der Waals surface area (Å²) in [5, 5.41) is 14.4. The minimum absolute atomic E-state index is 0.354. The minimum atomic E-state index is -0.457. The van der Waals surface area contributed by atoms with Crippen LogP contribution in [0, 0.1) is 0 Å². The molecule has 0 aliphatic carbocycles. The molecule has 1 unspecified atom stereocenters. The highest BCUT2D eigenvalue weighted by Crippen LogP contribution is 2.17. The van der Waals surface area contributed by atoms with Crippen LogP contribution in [0.1, 0.15) is 4.88 Å². The summed E-state index contributed by atoms with van der Waals surface area (Å²) in [6, 6.07) is 1.88. The first-order chi connectivity index (χ1) is 6.74. The van der Waals surface area contributed by atoms with Crippen molar-refractivity contribution in [3.05, 3.63) is 16.3 Å². The van der Waals surface area contributed by atoms with Gasteiger partial charge < -0.3 is 20.9 Å². The van der Waals surface area contributed by atoms with Crippen molar-refractivity contribution < 1.29 is 9.84 Å². The van der Waals surface area contributed by atoms with E-state index in [9.17, 15) is 5.11 Å². The van der Waals surface area contributed by atoms with Gasteiger partial charge in [-0.15, -0.1) is 11.3 Å². The van der Waals surface area contributed by atoms with E-state index in [0.717, 1.165) is 10.6 Å². The minimum Gasteiger partial charge on any atom is -0.398 e. The van der Waals surface area contributed by atoms with Crippen LogP contribution in [0.2, 0.25) is 0 Å². The van der Waals surface area contributed by atoms with Gasteiger partial charge in [-0.2, -0.15) is 0 Å². The molecule has 0 aliphatic rings. The molecule has 5 heteroatoms. The lowest BCUT2D eigenvalue weighted by molar-refractivity contribution is 0.0644. The summed E-state index contributed by atoms with van der Waals surface area (Å²) < 4.78 is 4.80. The Labute approximate surface area is 87.7 Å². The van der Waals surface area contributed by atoms with Crippen molar-refractivity contribution >= 4 is 17.0 Å². The zero-order valence-corrected chi connectivity index (χ0v) is 9.01. The van der Waals surface area contributed by atoms with Crippen LogP contribution in [0.3, 0.4) is 0 Å². The summed E-state index contributed by atoms with van der Waals surface area (Å²) in [5.74, 6) is 0. The SMILES string of the molecule is COCC(O)CNCc1sccc1N. The van der Waals surface area contributed by atoms with Crippen LogP contribution in [-0.2, 0) is 11.3 Å². The Morgan fingerprint density at radius 1 is 1.71 bits per heavy atom. The molecule has 1 aromatic heterocycles. The Morgan fingerprint density at radius 2 is 2.50 bits per heavy atom. The number of methoxy groups -OCH3 is 1. The van der Waals surface area contributed by atoms with Gasteiger partial charge in [0.2, 0.25) is 0 Å². The molecule has 0 radical (unpaired) electrons. The third-order valence-corrected chi connectivity index (χ3v) is 2.74. The monoisotopic (exact) mass is 216 g/mol. The zero-order chi connectivity index (χ0) is 10.4. The predicted octanol–water partition coefficient (Wildman–Crippen LogP) is 0.427. The fraction of sp³-hybridized carbons (Fsp3) is 0.556.